The Labute approximate surface area is 213 Å². The van der Waals surface area contributed by atoms with E-state index in [1.54, 1.807) is 47.9 Å². The first kappa shape index (κ1) is 26.0. The van der Waals surface area contributed by atoms with E-state index >= 15 is 0 Å². The Morgan fingerprint density at radius 3 is 2.32 bits per heavy atom. The summed E-state index contributed by atoms with van der Waals surface area (Å²) < 4.78 is 63.5. The lowest BCUT2D eigenvalue weighted by molar-refractivity contribution is -0.274. The molecule has 4 aromatic rings. The number of benzene rings is 3. The van der Waals surface area contributed by atoms with Crippen molar-refractivity contribution in [1.29, 1.82) is 0 Å². The summed E-state index contributed by atoms with van der Waals surface area (Å²) in [4.78, 5) is 12.6. The van der Waals surface area contributed by atoms with Gasteiger partial charge in [0.15, 0.2) is 34.4 Å². The largest absolute Gasteiger partial charge is 0.573 e. The fraction of sp³-hybridized carbons (Fsp3) is 0.160. The van der Waals surface area contributed by atoms with Gasteiger partial charge in [0, 0.05) is 5.69 Å². The molecule has 4 rings (SSSR count). The molecule has 1 heterocycles. The van der Waals surface area contributed by atoms with E-state index in [1.165, 1.54) is 30.3 Å². The number of hydrogen-bond acceptors (Lipinski definition) is 6. The molecule has 0 saturated carbocycles. The molecule has 0 aliphatic carbocycles. The van der Waals surface area contributed by atoms with Crippen molar-refractivity contribution in [3.63, 3.8) is 0 Å². The summed E-state index contributed by atoms with van der Waals surface area (Å²) in [6.45, 7) is 1.69. The molecule has 0 aliphatic heterocycles. The maximum atomic E-state index is 14.1. The fourth-order valence-corrected chi connectivity index (χ4v) is 4.10. The monoisotopic (exact) mass is 532 g/mol. The maximum Gasteiger partial charge on any atom is 0.573 e. The number of amides is 1. The van der Waals surface area contributed by atoms with Gasteiger partial charge in [0.2, 0.25) is 5.91 Å². The van der Waals surface area contributed by atoms with Gasteiger partial charge in [0.25, 0.3) is 0 Å². The zero-order valence-electron chi connectivity index (χ0n) is 19.3. The number of para-hydroxylation sites is 4. The molecule has 0 radical (unpaired) electrons. The molecule has 1 unspecified atom stereocenters. The number of halogens is 4. The number of thioether (sulfide) groups is 1. The highest BCUT2D eigenvalue weighted by Crippen LogP contribution is 2.31. The number of nitrogens with one attached hydrogen (secondary N) is 1. The summed E-state index contributed by atoms with van der Waals surface area (Å²) in [5.74, 6) is -1.41. The molecule has 0 bridgehead atoms. The van der Waals surface area contributed by atoms with Crippen molar-refractivity contribution in [2.45, 2.75) is 24.5 Å². The van der Waals surface area contributed by atoms with Crippen molar-refractivity contribution >= 4 is 23.4 Å². The first-order valence-corrected chi connectivity index (χ1v) is 11.9. The van der Waals surface area contributed by atoms with Crippen LogP contribution in [-0.4, -0.2) is 32.8 Å². The Morgan fingerprint density at radius 1 is 0.973 bits per heavy atom. The van der Waals surface area contributed by atoms with Crippen LogP contribution in [0.4, 0.5) is 23.2 Å². The Morgan fingerprint density at radius 2 is 1.62 bits per heavy atom. The third-order valence-corrected chi connectivity index (χ3v) is 5.82. The third kappa shape index (κ3) is 6.79. The molecular formula is C25H20F4N4O3S. The van der Waals surface area contributed by atoms with Crippen molar-refractivity contribution in [1.82, 2.24) is 14.8 Å². The lowest BCUT2D eigenvalue weighted by Crippen LogP contribution is -2.20. The number of alkyl halides is 3. The molecule has 12 heteroatoms. The molecule has 1 atom stereocenters. The number of ether oxygens (including phenoxy) is 2. The van der Waals surface area contributed by atoms with E-state index in [0.717, 1.165) is 17.8 Å². The van der Waals surface area contributed by atoms with E-state index < -0.39 is 29.9 Å². The van der Waals surface area contributed by atoms with Crippen LogP contribution in [0, 0.1) is 5.82 Å². The van der Waals surface area contributed by atoms with Gasteiger partial charge in [0.1, 0.15) is 0 Å². The highest BCUT2D eigenvalue weighted by molar-refractivity contribution is 7.99. The fourth-order valence-electron chi connectivity index (χ4n) is 3.34. The Balaban J connectivity index is 1.53. The van der Waals surface area contributed by atoms with Gasteiger partial charge >= 0.3 is 6.36 Å². The van der Waals surface area contributed by atoms with E-state index in [9.17, 15) is 22.4 Å². The number of rotatable bonds is 9. The average Bonchev–Trinajstić information content (AvgIpc) is 3.29. The van der Waals surface area contributed by atoms with Gasteiger partial charge < -0.3 is 14.8 Å². The maximum absolute atomic E-state index is 14.1. The average molecular weight is 533 g/mol. The minimum atomic E-state index is -4.90. The summed E-state index contributed by atoms with van der Waals surface area (Å²) in [7, 11) is 0. The van der Waals surface area contributed by atoms with E-state index in [2.05, 4.69) is 20.3 Å². The van der Waals surface area contributed by atoms with Gasteiger partial charge in [-0.25, -0.2) is 4.39 Å². The number of carbonyl (C=O) groups excluding carboxylic acids is 1. The van der Waals surface area contributed by atoms with Crippen molar-refractivity contribution in [2.24, 2.45) is 0 Å². The predicted molar refractivity (Wildman–Crippen MR) is 129 cm³/mol. The van der Waals surface area contributed by atoms with Crippen LogP contribution in [0.5, 0.6) is 11.5 Å². The minimum absolute atomic E-state index is 0.0472. The van der Waals surface area contributed by atoms with Crippen molar-refractivity contribution in [2.75, 3.05) is 11.1 Å². The van der Waals surface area contributed by atoms with Crippen LogP contribution in [0.3, 0.4) is 0 Å². The first-order valence-electron chi connectivity index (χ1n) is 10.9. The molecule has 1 amide bonds. The second kappa shape index (κ2) is 11.3. The second-order valence-corrected chi connectivity index (χ2v) is 8.53. The number of hydrogen-bond donors (Lipinski definition) is 1. The zero-order chi connectivity index (χ0) is 26.4. The van der Waals surface area contributed by atoms with Gasteiger partial charge in [-0.3, -0.25) is 9.36 Å². The Hall–Kier alpha value is -4.06. The SMILES string of the molecule is CC(Oc1ccccc1F)c1nnc(SCC(=O)Nc2ccccc2OC(F)(F)F)n1-c1ccccc1. The van der Waals surface area contributed by atoms with Gasteiger partial charge in [-0.1, -0.05) is 54.2 Å². The summed E-state index contributed by atoms with van der Waals surface area (Å²) in [5.41, 5.74) is 0.556. The normalized spacial score (nSPS) is 12.1. The van der Waals surface area contributed by atoms with Crippen molar-refractivity contribution in [3.8, 4) is 17.2 Å². The molecule has 0 aliphatic rings. The molecule has 192 valence electrons. The van der Waals surface area contributed by atoms with Gasteiger partial charge in [-0.15, -0.1) is 23.4 Å². The predicted octanol–water partition coefficient (Wildman–Crippen LogP) is 6.18. The lowest BCUT2D eigenvalue weighted by atomic mass is 10.3. The Kier molecular flexibility index (Phi) is 7.97. The van der Waals surface area contributed by atoms with Crippen molar-refractivity contribution in [3.05, 3.63) is 90.5 Å². The van der Waals surface area contributed by atoms with Crippen LogP contribution in [0.1, 0.15) is 18.9 Å². The molecule has 37 heavy (non-hydrogen) atoms. The van der Waals surface area contributed by atoms with Gasteiger partial charge in [-0.2, -0.15) is 0 Å². The standard InChI is InChI=1S/C25H20F4N4O3S/c1-16(35-20-13-7-5-11-18(20)26)23-31-32-24(33(23)17-9-3-2-4-10-17)37-15-22(34)30-19-12-6-8-14-21(19)36-25(27,28)29/h2-14,16H,15H2,1H3,(H,30,34). The van der Waals surface area contributed by atoms with Crippen LogP contribution < -0.4 is 14.8 Å². The van der Waals surface area contributed by atoms with Crippen molar-refractivity contribution < 1.29 is 31.8 Å². The number of carbonyl (C=O) groups is 1. The minimum Gasteiger partial charge on any atom is -0.480 e. The van der Waals surface area contributed by atoms with Crippen LogP contribution in [0.2, 0.25) is 0 Å². The second-order valence-electron chi connectivity index (χ2n) is 7.58. The van der Waals surface area contributed by atoms with E-state index in [-0.39, 0.29) is 17.2 Å². The van der Waals surface area contributed by atoms with E-state index in [4.69, 9.17) is 4.74 Å². The molecule has 0 fully saturated rings. The third-order valence-electron chi connectivity index (χ3n) is 4.90. The number of nitrogens with zero attached hydrogens (tertiary/aromatic N) is 3. The summed E-state index contributed by atoms with van der Waals surface area (Å²) in [6.07, 6.45) is -5.61. The summed E-state index contributed by atoms with van der Waals surface area (Å²) in [5, 5.41) is 11.1. The quantitative estimate of drug-likeness (QED) is 0.205. The summed E-state index contributed by atoms with van der Waals surface area (Å²) >= 11 is 1.02. The molecule has 3 aromatic carbocycles. The highest BCUT2D eigenvalue weighted by atomic mass is 32.2. The van der Waals surface area contributed by atoms with E-state index in [1.807, 2.05) is 6.07 Å². The van der Waals surface area contributed by atoms with Crippen LogP contribution in [-0.2, 0) is 4.79 Å². The molecule has 0 saturated heterocycles. The lowest BCUT2D eigenvalue weighted by Gasteiger charge is -2.17. The van der Waals surface area contributed by atoms with Crippen LogP contribution in [0.15, 0.2) is 84.0 Å². The molecule has 1 N–H and O–H groups in total. The van der Waals surface area contributed by atoms with Crippen LogP contribution >= 0.6 is 11.8 Å². The smallest absolute Gasteiger partial charge is 0.480 e. The topological polar surface area (TPSA) is 78.3 Å². The molecular weight excluding hydrogens is 512 g/mol. The molecule has 7 nitrogen and oxygen atoms in total. The Bertz CT molecular complexity index is 1370. The van der Waals surface area contributed by atoms with E-state index in [0.29, 0.717) is 16.7 Å². The zero-order valence-corrected chi connectivity index (χ0v) is 20.1. The highest BCUT2D eigenvalue weighted by Gasteiger charge is 2.32. The number of aromatic nitrogens is 3. The van der Waals surface area contributed by atoms with Crippen LogP contribution in [0.25, 0.3) is 5.69 Å². The summed E-state index contributed by atoms with van der Waals surface area (Å²) in [6, 6.07) is 20.3. The molecule has 0 spiro atoms. The molecule has 1 aromatic heterocycles. The van der Waals surface area contributed by atoms with Gasteiger partial charge in [0.05, 0.1) is 11.4 Å². The first-order chi connectivity index (χ1) is 17.7. The van der Waals surface area contributed by atoms with Gasteiger partial charge in [-0.05, 0) is 43.3 Å². The number of anilines is 1.